The third-order valence-corrected chi connectivity index (χ3v) is 7.38. The summed E-state index contributed by atoms with van der Waals surface area (Å²) in [6.45, 7) is 0. The number of alkyl halides is 3. The van der Waals surface area contributed by atoms with Gasteiger partial charge in [0.1, 0.15) is 4.88 Å². The van der Waals surface area contributed by atoms with Crippen LogP contribution in [0.5, 0.6) is 0 Å². The molecule has 1 heterocycles. The summed E-state index contributed by atoms with van der Waals surface area (Å²) in [6, 6.07) is 9.06. The van der Waals surface area contributed by atoms with Crippen molar-refractivity contribution in [1.82, 2.24) is 4.98 Å². The van der Waals surface area contributed by atoms with Crippen LogP contribution in [0.1, 0.15) is 20.9 Å². The molecule has 1 aromatic heterocycles. The molecule has 8 nitrogen and oxygen atoms in total. The average Bonchev–Trinajstić information content (AvgIpc) is 3.18. The van der Waals surface area contributed by atoms with Crippen LogP contribution in [-0.2, 0) is 16.2 Å². The highest BCUT2D eigenvalue weighted by molar-refractivity contribution is 7.93. The molecule has 0 aliphatic rings. The van der Waals surface area contributed by atoms with Crippen LogP contribution in [0.2, 0.25) is 5.02 Å². The molecule has 0 saturated carbocycles. The number of carbonyl (C=O) groups is 1. The fraction of sp³-hybridized carbons (Fsp3) is 0.111. The molecule has 3 aromatic rings. The second-order valence-electron chi connectivity index (χ2n) is 6.23. The first-order valence-corrected chi connectivity index (χ1v) is 11.1. The molecule has 3 rings (SSSR count). The number of rotatable bonds is 6. The summed E-state index contributed by atoms with van der Waals surface area (Å²) in [5.74, 6) is -1.11. The SMILES string of the molecule is CN(c1nc(C(F)(F)F)c(C(=O)c2ccc([N+](=O)[O-])cc2)s1)S(=O)(=O)c1cccc(Cl)c1. The van der Waals surface area contributed by atoms with Crippen molar-refractivity contribution in [3.63, 3.8) is 0 Å². The van der Waals surface area contributed by atoms with Crippen LogP contribution in [0.15, 0.2) is 53.4 Å². The lowest BCUT2D eigenvalue weighted by Gasteiger charge is -2.16. The molecule has 32 heavy (non-hydrogen) atoms. The number of nitro groups is 1. The molecule has 0 saturated heterocycles. The Morgan fingerprint density at radius 2 is 1.81 bits per heavy atom. The Labute approximate surface area is 188 Å². The van der Waals surface area contributed by atoms with Crippen molar-refractivity contribution in [2.75, 3.05) is 11.4 Å². The molecule has 0 aliphatic heterocycles. The maximum absolute atomic E-state index is 13.6. The van der Waals surface area contributed by atoms with Crippen molar-refractivity contribution in [1.29, 1.82) is 0 Å². The average molecular weight is 506 g/mol. The van der Waals surface area contributed by atoms with Crippen LogP contribution in [-0.4, -0.2) is 31.2 Å². The highest BCUT2D eigenvalue weighted by Crippen LogP contribution is 2.39. The van der Waals surface area contributed by atoms with Gasteiger partial charge < -0.3 is 0 Å². The Morgan fingerprint density at radius 3 is 2.34 bits per heavy atom. The number of benzene rings is 2. The van der Waals surface area contributed by atoms with Crippen LogP contribution >= 0.6 is 22.9 Å². The van der Waals surface area contributed by atoms with Crippen molar-refractivity contribution in [2.24, 2.45) is 0 Å². The monoisotopic (exact) mass is 505 g/mol. The van der Waals surface area contributed by atoms with Gasteiger partial charge in [-0.15, -0.1) is 0 Å². The van der Waals surface area contributed by atoms with Gasteiger partial charge in [-0.1, -0.05) is 29.0 Å². The number of aromatic nitrogens is 1. The van der Waals surface area contributed by atoms with Gasteiger partial charge in [-0.05, 0) is 30.3 Å². The molecule has 0 radical (unpaired) electrons. The predicted molar refractivity (Wildman–Crippen MR) is 111 cm³/mol. The maximum atomic E-state index is 13.6. The quantitative estimate of drug-likeness (QED) is 0.271. The van der Waals surface area contributed by atoms with Gasteiger partial charge in [0.15, 0.2) is 10.8 Å². The molecule has 0 atom stereocenters. The Kier molecular flexibility index (Phi) is 6.26. The highest BCUT2D eigenvalue weighted by atomic mass is 35.5. The van der Waals surface area contributed by atoms with E-state index in [1.807, 2.05) is 0 Å². The fourth-order valence-corrected chi connectivity index (χ4v) is 5.21. The zero-order chi connectivity index (χ0) is 23.8. The Balaban J connectivity index is 2.06. The van der Waals surface area contributed by atoms with Gasteiger partial charge in [-0.3, -0.25) is 14.9 Å². The first-order chi connectivity index (χ1) is 14.8. The zero-order valence-electron chi connectivity index (χ0n) is 15.8. The highest BCUT2D eigenvalue weighted by Gasteiger charge is 2.41. The molecule has 0 fully saturated rings. The summed E-state index contributed by atoms with van der Waals surface area (Å²) in [5, 5.41) is 10.2. The molecule has 0 spiro atoms. The topological polar surface area (TPSA) is 110 Å². The van der Waals surface area contributed by atoms with E-state index in [-0.39, 0.29) is 32.5 Å². The lowest BCUT2D eigenvalue weighted by atomic mass is 10.1. The van der Waals surface area contributed by atoms with Gasteiger partial charge in [0, 0.05) is 29.8 Å². The number of carbonyl (C=O) groups excluding carboxylic acids is 1. The summed E-state index contributed by atoms with van der Waals surface area (Å²) in [4.78, 5) is 25.0. The Morgan fingerprint density at radius 1 is 1.19 bits per heavy atom. The van der Waals surface area contributed by atoms with E-state index in [1.165, 1.54) is 18.2 Å². The van der Waals surface area contributed by atoms with E-state index in [2.05, 4.69) is 4.98 Å². The third kappa shape index (κ3) is 4.59. The molecular weight excluding hydrogens is 495 g/mol. The third-order valence-electron chi connectivity index (χ3n) is 4.15. The van der Waals surface area contributed by atoms with Crippen LogP contribution < -0.4 is 4.31 Å². The number of halogens is 4. The van der Waals surface area contributed by atoms with E-state index in [4.69, 9.17) is 11.6 Å². The minimum Gasteiger partial charge on any atom is -0.288 e. The summed E-state index contributed by atoms with van der Waals surface area (Å²) in [6.07, 6.45) is -5.05. The first kappa shape index (κ1) is 23.6. The van der Waals surface area contributed by atoms with Gasteiger partial charge >= 0.3 is 6.18 Å². The van der Waals surface area contributed by atoms with Crippen molar-refractivity contribution in [2.45, 2.75) is 11.1 Å². The molecule has 0 bridgehead atoms. The number of non-ortho nitro benzene ring substituents is 1. The minimum atomic E-state index is -5.05. The van der Waals surface area contributed by atoms with E-state index in [0.717, 1.165) is 37.4 Å². The van der Waals surface area contributed by atoms with E-state index in [0.29, 0.717) is 4.31 Å². The molecule has 0 N–H and O–H groups in total. The number of nitro benzene ring substituents is 1. The number of thiazole rings is 1. The lowest BCUT2D eigenvalue weighted by molar-refractivity contribution is -0.384. The number of ketones is 1. The molecule has 0 aliphatic carbocycles. The summed E-state index contributed by atoms with van der Waals surface area (Å²) >= 11 is 6.03. The van der Waals surface area contributed by atoms with Crippen LogP contribution in [0.4, 0.5) is 24.0 Å². The number of anilines is 1. The number of hydrogen-bond acceptors (Lipinski definition) is 7. The standard InChI is InChI=1S/C18H11ClF3N3O5S2/c1-24(32(29,30)13-4-2-3-11(19)9-13)17-23-16(18(20,21)22)15(31-17)14(26)10-5-7-12(8-6-10)25(27)28/h2-9H,1H3. The van der Waals surface area contributed by atoms with E-state index in [1.54, 1.807) is 0 Å². The molecule has 14 heteroatoms. The van der Waals surface area contributed by atoms with Crippen molar-refractivity contribution < 1.29 is 31.3 Å². The van der Waals surface area contributed by atoms with Gasteiger partial charge in [0.2, 0.25) is 5.78 Å². The second-order valence-corrected chi connectivity index (χ2v) is 9.62. The van der Waals surface area contributed by atoms with Crippen molar-refractivity contribution in [3.8, 4) is 0 Å². The van der Waals surface area contributed by atoms with Gasteiger partial charge in [-0.2, -0.15) is 13.2 Å². The normalized spacial score (nSPS) is 11.9. The van der Waals surface area contributed by atoms with Crippen molar-refractivity contribution >= 4 is 49.6 Å². The minimum absolute atomic E-state index is 0.101. The molecule has 0 amide bonds. The Bertz CT molecular complexity index is 1310. The summed E-state index contributed by atoms with van der Waals surface area (Å²) in [5.41, 5.74) is -2.17. The summed E-state index contributed by atoms with van der Waals surface area (Å²) < 4.78 is 66.8. The lowest BCUT2D eigenvalue weighted by Crippen LogP contribution is -2.26. The van der Waals surface area contributed by atoms with Crippen LogP contribution in [0.3, 0.4) is 0 Å². The number of hydrogen-bond donors (Lipinski definition) is 0. The Hall–Kier alpha value is -3.03. The fourth-order valence-electron chi connectivity index (χ4n) is 2.54. The number of sulfonamides is 1. The zero-order valence-corrected chi connectivity index (χ0v) is 18.2. The van der Waals surface area contributed by atoms with Crippen LogP contribution in [0, 0.1) is 10.1 Å². The predicted octanol–water partition coefficient (Wildman–Crippen LogP) is 4.78. The maximum Gasteiger partial charge on any atom is 0.435 e. The molecule has 168 valence electrons. The summed E-state index contributed by atoms with van der Waals surface area (Å²) in [7, 11) is -3.33. The van der Waals surface area contributed by atoms with E-state index < -0.39 is 42.6 Å². The van der Waals surface area contributed by atoms with Gasteiger partial charge in [-0.25, -0.2) is 17.7 Å². The van der Waals surface area contributed by atoms with Crippen LogP contribution in [0.25, 0.3) is 0 Å². The van der Waals surface area contributed by atoms with E-state index >= 15 is 0 Å². The molecular formula is C18H11ClF3N3O5S2. The van der Waals surface area contributed by atoms with E-state index in [9.17, 15) is 36.5 Å². The smallest absolute Gasteiger partial charge is 0.288 e. The van der Waals surface area contributed by atoms with Crippen molar-refractivity contribution in [3.05, 3.63) is 79.8 Å². The van der Waals surface area contributed by atoms with Gasteiger partial charge in [0.05, 0.1) is 9.82 Å². The largest absolute Gasteiger partial charge is 0.435 e. The first-order valence-electron chi connectivity index (χ1n) is 8.44. The molecule has 0 unspecified atom stereocenters. The second kappa shape index (κ2) is 8.48. The molecule has 2 aromatic carbocycles. The number of nitrogens with zero attached hydrogens (tertiary/aromatic N) is 3. The van der Waals surface area contributed by atoms with Gasteiger partial charge in [0.25, 0.3) is 15.7 Å².